The Kier molecular flexibility index (Phi) is 3.39. The smallest absolute Gasteiger partial charge is 0.167 e. The van der Waals surface area contributed by atoms with Gasteiger partial charge in [0.05, 0.1) is 12.1 Å². The fraction of sp³-hybridized carbons (Fsp3) is 0.667. The molecule has 0 aromatic carbocycles. The number of rotatable bonds is 4. The van der Waals surface area contributed by atoms with Crippen molar-refractivity contribution in [1.82, 2.24) is 9.78 Å². The van der Waals surface area contributed by atoms with Crippen LogP contribution in [0.2, 0.25) is 0 Å². The maximum atomic E-state index is 11.8. The van der Waals surface area contributed by atoms with Crippen LogP contribution in [0, 0.1) is 0 Å². The van der Waals surface area contributed by atoms with Crippen molar-refractivity contribution in [3.05, 3.63) is 18.0 Å². The summed E-state index contributed by atoms with van der Waals surface area (Å²) in [6, 6.07) is 2.25. The Morgan fingerprint density at radius 1 is 1.69 bits per heavy atom. The second-order valence-corrected chi connectivity index (χ2v) is 4.53. The highest BCUT2D eigenvalue weighted by Crippen LogP contribution is 2.15. The van der Waals surface area contributed by atoms with Crippen LogP contribution >= 0.6 is 0 Å². The average Bonchev–Trinajstić information content (AvgIpc) is 2.87. The molecule has 1 aliphatic rings. The third kappa shape index (κ3) is 2.50. The summed E-state index contributed by atoms with van der Waals surface area (Å²) >= 11 is 0. The summed E-state index contributed by atoms with van der Waals surface area (Å²) in [6.07, 6.45) is 3.98. The first-order valence-corrected chi connectivity index (χ1v) is 5.85. The Morgan fingerprint density at radius 2 is 2.50 bits per heavy atom. The molecule has 4 nitrogen and oxygen atoms in total. The van der Waals surface area contributed by atoms with E-state index in [1.807, 2.05) is 16.9 Å². The zero-order valence-corrected chi connectivity index (χ0v) is 9.85. The molecule has 2 rings (SSSR count). The first kappa shape index (κ1) is 11.3. The number of aromatic nitrogens is 2. The summed E-state index contributed by atoms with van der Waals surface area (Å²) in [6.45, 7) is 4.86. The van der Waals surface area contributed by atoms with Gasteiger partial charge in [0.2, 0.25) is 0 Å². The topological polar surface area (TPSA) is 44.1 Å². The molecule has 2 heterocycles. The summed E-state index contributed by atoms with van der Waals surface area (Å²) in [7, 11) is 0. The van der Waals surface area contributed by atoms with E-state index in [2.05, 4.69) is 18.9 Å². The van der Waals surface area contributed by atoms with Gasteiger partial charge in [-0.25, -0.2) is 0 Å². The molecule has 1 atom stereocenters. The number of nitrogens with zero attached hydrogens (tertiary/aromatic N) is 2. The summed E-state index contributed by atoms with van der Waals surface area (Å²) in [5.74, 6) is 0.159. The van der Waals surface area contributed by atoms with Gasteiger partial charge in [-0.2, -0.15) is 5.10 Å². The molecule has 16 heavy (non-hydrogen) atoms. The Labute approximate surface area is 95.6 Å². The molecule has 0 spiro atoms. The lowest BCUT2D eigenvalue weighted by Gasteiger charge is -2.06. The monoisotopic (exact) mass is 222 g/mol. The third-order valence-corrected chi connectivity index (χ3v) is 2.84. The minimum Gasteiger partial charge on any atom is -0.370 e. The van der Waals surface area contributed by atoms with E-state index in [1.165, 1.54) is 0 Å². The predicted molar refractivity (Wildman–Crippen MR) is 60.3 cm³/mol. The molecule has 1 saturated heterocycles. The van der Waals surface area contributed by atoms with Crippen LogP contribution in [0.25, 0.3) is 0 Å². The van der Waals surface area contributed by atoms with E-state index >= 15 is 0 Å². The van der Waals surface area contributed by atoms with Crippen LogP contribution in [-0.4, -0.2) is 28.3 Å². The van der Waals surface area contributed by atoms with E-state index in [1.54, 1.807) is 0 Å². The minimum atomic E-state index is -0.191. The van der Waals surface area contributed by atoms with Gasteiger partial charge in [0.25, 0.3) is 0 Å². The summed E-state index contributed by atoms with van der Waals surface area (Å²) in [4.78, 5) is 11.8. The van der Waals surface area contributed by atoms with Crippen molar-refractivity contribution in [3.8, 4) is 0 Å². The van der Waals surface area contributed by atoms with Gasteiger partial charge in [-0.05, 0) is 32.8 Å². The van der Waals surface area contributed by atoms with Crippen molar-refractivity contribution in [2.75, 3.05) is 6.61 Å². The third-order valence-electron chi connectivity index (χ3n) is 2.84. The van der Waals surface area contributed by atoms with Gasteiger partial charge in [-0.15, -0.1) is 0 Å². The van der Waals surface area contributed by atoms with Crippen LogP contribution in [-0.2, 0) is 16.0 Å². The zero-order valence-electron chi connectivity index (χ0n) is 9.85. The highest BCUT2D eigenvalue weighted by molar-refractivity contribution is 5.85. The van der Waals surface area contributed by atoms with E-state index in [0.717, 1.165) is 25.1 Å². The molecule has 1 unspecified atom stereocenters. The maximum absolute atomic E-state index is 11.8. The normalized spacial score (nSPS) is 20.6. The molecule has 4 heteroatoms. The molecule has 0 amide bonds. The fourth-order valence-corrected chi connectivity index (χ4v) is 1.88. The summed E-state index contributed by atoms with van der Waals surface area (Å²) in [5.41, 5.74) is 0.842. The molecule has 1 aromatic heterocycles. The second-order valence-electron chi connectivity index (χ2n) is 4.53. The van der Waals surface area contributed by atoms with Crippen LogP contribution in [0.5, 0.6) is 0 Å². The van der Waals surface area contributed by atoms with Crippen LogP contribution in [0.3, 0.4) is 0 Å². The van der Waals surface area contributed by atoms with E-state index in [4.69, 9.17) is 4.74 Å². The van der Waals surface area contributed by atoms with Gasteiger partial charge >= 0.3 is 0 Å². The highest BCUT2D eigenvalue weighted by atomic mass is 16.5. The lowest BCUT2D eigenvalue weighted by molar-refractivity contribution is -0.127. The van der Waals surface area contributed by atoms with E-state index in [9.17, 15) is 4.79 Å². The molecule has 0 radical (unpaired) electrons. The molecule has 0 N–H and O–H groups in total. The summed E-state index contributed by atoms with van der Waals surface area (Å²) < 4.78 is 7.23. The Morgan fingerprint density at radius 3 is 3.06 bits per heavy atom. The fourth-order valence-electron chi connectivity index (χ4n) is 1.88. The van der Waals surface area contributed by atoms with E-state index < -0.39 is 0 Å². The molecule has 1 fully saturated rings. The molecule has 1 aromatic rings. The Balaban J connectivity index is 1.95. The highest BCUT2D eigenvalue weighted by Gasteiger charge is 2.24. The number of ketones is 1. The summed E-state index contributed by atoms with van der Waals surface area (Å²) in [5, 5.41) is 4.36. The van der Waals surface area contributed by atoms with Crippen LogP contribution in [0.15, 0.2) is 12.3 Å². The predicted octanol–water partition coefficient (Wildman–Crippen LogP) is 1.75. The van der Waals surface area contributed by atoms with Crippen molar-refractivity contribution in [2.24, 2.45) is 0 Å². The van der Waals surface area contributed by atoms with E-state index in [-0.39, 0.29) is 11.9 Å². The van der Waals surface area contributed by atoms with Crippen LogP contribution < -0.4 is 0 Å². The van der Waals surface area contributed by atoms with Gasteiger partial charge in [0.1, 0.15) is 6.10 Å². The quantitative estimate of drug-likeness (QED) is 0.779. The van der Waals surface area contributed by atoms with Crippen molar-refractivity contribution < 1.29 is 9.53 Å². The zero-order chi connectivity index (χ0) is 11.5. The van der Waals surface area contributed by atoms with Gasteiger partial charge in [-0.3, -0.25) is 9.48 Å². The first-order chi connectivity index (χ1) is 7.66. The van der Waals surface area contributed by atoms with Crippen molar-refractivity contribution in [3.63, 3.8) is 0 Å². The number of hydrogen-bond donors (Lipinski definition) is 0. The van der Waals surface area contributed by atoms with Crippen LogP contribution in [0.1, 0.15) is 38.4 Å². The molecule has 0 aliphatic carbocycles. The minimum absolute atomic E-state index is 0.159. The maximum Gasteiger partial charge on any atom is 0.167 e. The number of ether oxygens (including phenoxy) is 1. The van der Waals surface area contributed by atoms with Gasteiger partial charge in [0, 0.05) is 18.8 Å². The number of Topliss-reactive ketones (excluding diaryl/α,β-unsaturated/α-hetero) is 1. The van der Waals surface area contributed by atoms with Gasteiger partial charge in [0.15, 0.2) is 5.78 Å². The molecule has 88 valence electrons. The Hall–Kier alpha value is -1.16. The number of carbonyl (C=O) groups excluding carboxylic acids is 1. The molecule has 0 bridgehead atoms. The number of hydrogen-bond acceptors (Lipinski definition) is 3. The lowest BCUT2D eigenvalue weighted by atomic mass is 10.1. The SMILES string of the molecule is CC(C)n1ccc(CC(=O)C2CCCO2)n1. The molecular weight excluding hydrogens is 204 g/mol. The van der Waals surface area contributed by atoms with Gasteiger partial charge < -0.3 is 4.74 Å². The lowest BCUT2D eigenvalue weighted by Crippen LogP contribution is -2.21. The van der Waals surface area contributed by atoms with Crippen molar-refractivity contribution in [2.45, 2.75) is 45.3 Å². The van der Waals surface area contributed by atoms with Crippen LogP contribution in [0.4, 0.5) is 0 Å². The first-order valence-electron chi connectivity index (χ1n) is 5.85. The molecular formula is C12H18N2O2. The average molecular weight is 222 g/mol. The largest absolute Gasteiger partial charge is 0.370 e. The standard InChI is InChI=1S/C12H18N2O2/c1-9(2)14-6-5-10(13-14)8-11(15)12-4-3-7-16-12/h5-6,9,12H,3-4,7-8H2,1-2H3. The number of carbonyl (C=O) groups is 1. The van der Waals surface area contributed by atoms with E-state index in [0.29, 0.717) is 12.5 Å². The Bertz CT molecular complexity index is 365. The van der Waals surface area contributed by atoms with Crippen molar-refractivity contribution >= 4 is 5.78 Å². The van der Waals surface area contributed by atoms with Gasteiger partial charge in [-0.1, -0.05) is 0 Å². The molecule has 0 saturated carbocycles. The second kappa shape index (κ2) is 4.78. The molecule has 1 aliphatic heterocycles. The van der Waals surface area contributed by atoms with Crippen molar-refractivity contribution in [1.29, 1.82) is 0 Å².